The molecule has 6 heteroatoms. The molecule has 0 aliphatic rings. The van der Waals surface area contributed by atoms with Gasteiger partial charge in [-0.15, -0.1) is 0 Å². The molecule has 0 bridgehead atoms. The van der Waals surface area contributed by atoms with Crippen molar-refractivity contribution in [2.75, 3.05) is 0 Å². The molecule has 0 aromatic heterocycles. The number of hydrogen-bond donors (Lipinski definition) is 1. The van der Waals surface area contributed by atoms with Gasteiger partial charge in [0.1, 0.15) is 11.6 Å². The number of rotatable bonds is 4. The van der Waals surface area contributed by atoms with Crippen LogP contribution in [0.2, 0.25) is 0 Å². The van der Waals surface area contributed by atoms with Gasteiger partial charge < -0.3 is 10.5 Å². The fourth-order valence-corrected chi connectivity index (χ4v) is 1.45. The van der Waals surface area contributed by atoms with Gasteiger partial charge >= 0.3 is 5.97 Å². The summed E-state index contributed by atoms with van der Waals surface area (Å²) in [4.78, 5) is 23.4. The predicted octanol–water partition coefficient (Wildman–Crippen LogP) is 2.21. The maximum atomic E-state index is 13.0. The zero-order valence-electron chi connectivity index (χ0n) is 11.6. The summed E-state index contributed by atoms with van der Waals surface area (Å²) in [5.74, 6) is -3.43. The number of esters is 1. The van der Waals surface area contributed by atoms with Crippen LogP contribution >= 0.6 is 0 Å². The van der Waals surface area contributed by atoms with E-state index in [1.807, 2.05) is 0 Å². The lowest BCUT2D eigenvalue weighted by Gasteiger charge is -2.21. The molecule has 1 aromatic carbocycles. The Kier molecular flexibility index (Phi) is 4.94. The minimum absolute atomic E-state index is 0.0390. The quantitative estimate of drug-likeness (QED) is 0.680. The van der Waals surface area contributed by atoms with Gasteiger partial charge in [-0.1, -0.05) is 0 Å². The van der Waals surface area contributed by atoms with E-state index < -0.39 is 35.0 Å². The summed E-state index contributed by atoms with van der Waals surface area (Å²) >= 11 is 0. The van der Waals surface area contributed by atoms with E-state index in [4.69, 9.17) is 10.5 Å². The van der Waals surface area contributed by atoms with Gasteiger partial charge in [0.2, 0.25) is 0 Å². The Morgan fingerprint density at radius 1 is 1.25 bits per heavy atom. The topological polar surface area (TPSA) is 69.4 Å². The standard InChI is InChI=1S/C14H17F2NO3/c1-14(2,3)20-13(19)11(17)7-12(18)8-4-5-9(15)10(16)6-8/h4-6,11H,7,17H2,1-3H3. The summed E-state index contributed by atoms with van der Waals surface area (Å²) in [6.45, 7) is 5.03. The monoisotopic (exact) mass is 285 g/mol. The van der Waals surface area contributed by atoms with Crippen molar-refractivity contribution in [1.82, 2.24) is 0 Å². The summed E-state index contributed by atoms with van der Waals surface area (Å²) in [6.07, 6.45) is -0.333. The van der Waals surface area contributed by atoms with Crippen LogP contribution in [-0.2, 0) is 9.53 Å². The van der Waals surface area contributed by atoms with Crippen LogP contribution in [0.25, 0.3) is 0 Å². The molecule has 4 nitrogen and oxygen atoms in total. The van der Waals surface area contributed by atoms with Crippen molar-refractivity contribution in [2.24, 2.45) is 5.73 Å². The fraction of sp³-hybridized carbons (Fsp3) is 0.429. The third-order valence-electron chi connectivity index (χ3n) is 2.36. The second kappa shape index (κ2) is 6.09. The summed E-state index contributed by atoms with van der Waals surface area (Å²) < 4.78 is 30.8. The first-order valence-corrected chi connectivity index (χ1v) is 6.07. The third-order valence-corrected chi connectivity index (χ3v) is 2.36. The molecule has 110 valence electrons. The van der Waals surface area contributed by atoms with E-state index >= 15 is 0 Å². The SMILES string of the molecule is CC(C)(C)OC(=O)C(N)CC(=O)c1ccc(F)c(F)c1. The minimum atomic E-state index is -1.14. The van der Waals surface area contributed by atoms with E-state index in [0.717, 1.165) is 18.2 Å². The number of ketones is 1. The fourth-order valence-electron chi connectivity index (χ4n) is 1.45. The lowest BCUT2D eigenvalue weighted by atomic mass is 10.0. The van der Waals surface area contributed by atoms with Gasteiger partial charge in [-0.25, -0.2) is 8.78 Å². The molecule has 1 atom stereocenters. The average Bonchev–Trinajstić information content (AvgIpc) is 2.30. The molecule has 0 amide bonds. The number of carbonyl (C=O) groups excluding carboxylic acids is 2. The van der Waals surface area contributed by atoms with E-state index in [2.05, 4.69) is 0 Å². The molecule has 0 saturated carbocycles. The van der Waals surface area contributed by atoms with Gasteiger partial charge in [0.15, 0.2) is 17.4 Å². The van der Waals surface area contributed by atoms with Crippen molar-refractivity contribution in [2.45, 2.75) is 38.8 Å². The van der Waals surface area contributed by atoms with Gasteiger partial charge in [-0.2, -0.15) is 0 Å². The Morgan fingerprint density at radius 3 is 2.35 bits per heavy atom. The zero-order valence-corrected chi connectivity index (χ0v) is 11.6. The molecule has 0 spiro atoms. The number of carbonyl (C=O) groups is 2. The molecule has 0 fully saturated rings. The van der Waals surface area contributed by atoms with E-state index in [9.17, 15) is 18.4 Å². The summed E-state index contributed by atoms with van der Waals surface area (Å²) in [5, 5.41) is 0. The maximum absolute atomic E-state index is 13.0. The van der Waals surface area contributed by atoms with Crippen LogP contribution < -0.4 is 5.73 Å². The van der Waals surface area contributed by atoms with Gasteiger partial charge in [-0.05, 0) is 39.0 Å². The molecule has 0 heterocycles. The van der Waals surface area contributed by atoms with E-state index in [-0.39, 0.29) is 12.0 Å². The van der Waals surface area contributed by atoms with Crippen molar-refractivity contribution in [3.63, 3.8) is 0 Å². The third kappa shape index (κ3) is 4.70. The lowest BCUT2D eigenvalue weighted by molar-refractivity contribution is -0.156. The van der Waals surface area contributed by atoms with Gasteiger partial charge in [0, 0.05) is 12.0 Å². The number of ether oxygens (including phenoxy) is 1. The first kappa shape index (κ1) is 16.2. The van der Waals surface area contributed by atoms with Gasteiger partial charge in [0.25, 0.3) is 0 Å². The Bertz CT molecular complexity index is 524. The second-order valence-corrected chi connectivity index (χ2v) is 5.40. The Labute approximate surface area is 115 Å². The van der Waals surface area contributed by atoms with E-state index in [0.29, 0.717) is 0 Å². The largest absolute Gasteiger partial charge is 0.459 e. The first-order valence-electron chi connectivity index (χ1n) is 6.07. The molecule has 0 radical (unpaired) electrons. The smallest absolute Gasteiger partial charge is 0.323 e. The molecule has 1 unspecified atom stereocenters. The number of nitrogens with two attached hydrogens (primary N) is 1. The molecule has 2 N–H and O–H groups in total. The highest BCUT2D eigenvalue weighted by Crippen LogP contribution is 2.13. The highest BCUT2D eigenvalue weighted by atomic mass is 19.2. The highest BCUT2D eigenvalue weighted by Gasteiger charge is 2.24. The Balaban J connectivity index is 2.70. The molecular weight excluding hydrogens is 268 g/mol. The number of hydrogen-bond acceptors (Lipinski definition) is 4. The molecule has 1 rings (SSSR count). The van der Waals surface area contributed by atoms with Crippen LogP contribution in [-0.4, -0.2) is 23.4 Å². The van der Waals surface area contributed by atoms with E-state index in [1.54, 1.807) is 20.8 Å². The molecule has 0 aliphatic heterocycles. The average molecular weight is 285 g/mol. The van der Waals surface area contributed by atoms with Crippen molar-refractivity contribution in [3.8, 4) is 0 Å². The second-order valence-electron chi connectivity index (χ2n) is 5.40. The molecule has 1 aromatic rings. The first-order chi connectivity index (χ1) is 9.10. The zero-order chi connectivity index (χ0) is 15.5. The van der Waals surface area contributed by atoms with Crippen molar-refractivity contribution in [1.29, 1.82) is 0 Å². The van der Waals surface area contributed by atoms with Crippen molar-refractivity contribution >= 4 is 11.8 Å². The van der Waals surface area contributed by atoms with Gasteiger partial charge in [0.05, 0.1) is 0 Å². The van der Waals surface area contributed by atoms with Crippen LogP contribution in [0, 0.1) is 11.6 Å². The number of benzene rings is 1. The molecule has 20 heavy (non-hydrogen) atoms. The Hall–Kier alpha value is -1.82. The number of halogens is 2. The summed E-state index contributed by atoms with van der Waals surface area (Å²) in [7, 11) is 0. The molecule has 0 aliphatic carbocycles. The van der Waals surface area contributed by atoms with Gasteiger partial charge in [-0.3, -0.25) is 9.59 Å². The highest BCUT2D eigenvalue weighted by molar-refractivity contribution is 5.98. The van der Waals surface area contributed by atoms with Crippen LogP contribution in [0.4, 0.5) is 8.78 Å². The normalized spacial score (nSPS) is 12.9. The Morgan fingerprint density at radius 2 is 1.85 bits per heavy atom. The lowest BCUT2D eigenvalue weighted by Crippen LogP contribution is -2.38. The van der Waals surface area contributed by atoms with Crippen molar-refractivity contribution in [3.05, 3.63) is 35.4 Å². The number of Topliss-reactive ketones (excluding diaryl/α,β-unsaturated/α-hetero) is 1. The molecule has 0 saturated heterocycles. The van der Waals surface area contributed by atoms with E-state index in [1.165, 1.54) is 0 Å². The summed E-state index contributed by atoms with van der Waals surface area (Å²) in [5.41, 5.74) is 4.82. The van der Waals surface area contributed by atoms with Crippen molar-refractivity contribution < 1.29 is 23.1 Å². The summed E-state index contributed by atoms with van der Waals surface area (Å²) in [6, 6.07) is 1.62. The van der Waals surface area contributed by atoms with Crippen LogP contribution in [0.15, 0.2) is 18.2 Å². The van der Waals surface area contributed by atoms with Crippen LogP contribution in [0.1, 0.15) is 37.6 Å². The van der Waals surface area contributed by atoms with Crippen LogP contribution in [0.5, 0.6) is 0 Å². The minimum Gasteiger partial charge on any atom is -0.459 e. The molecular formula is C14H17F2NO3. The maximum Gasteiger partial charge on any atom is 0.323 e. The predicted molar refractivity (Wildman–Crippen MR) is 69.1 cm³/mol. The van der Waals surface area contributed by atoms with Crippen LogP contribution in [0.3, 0.4) is 0 Å².